The van der Waals surface area contributed by atoms with Crippen molar-refractivity contribution in [2.24, 2.45) is 4.99 Å². The van der Waals surface area contributed by atoms with Crippen molar-refractivity contribution < 1.29 is 4.74 Å². The largest absolute Gasteiger partial charge is 0.380 e. The SMILES string of the molecule is CN=C(C)/C(C)=C/C=C(\C)COC. The molecule has 0 fully saturated rings. The van der Waals surface area contributed by atoms with Gasteiger partial charge in [-0.1, -0.05) is 12.2 Å². The predicted octanol–water partition coefficient (Wildman–Crippen LogP) is 2.62. The Morgan fingerprint density at radius 3 is 2.31 bits per heavy atom. The van der Waals surface area contributed by atoms with Crippen LogP contribution >= 0.6 is 0 Å². The van der Waals surface area contributed by atoms with E-state index in [0.717, 1.165) is 5.71 Å². The monoisotopic (exact) mass is 181 g/mol. The van der Waals surface area contributed by atoms with Crippen LogP contribution in [0.3, 0.4) is 0 Å². The highest BCUT2D eigenvalue weighted by Gasteiger charge is 1.91. The van der Waals surface area contributed by atoms with Crippen molar-refractivity contribution in [3.8, 4) is 0 Å². The summed E-state index contributed by atoms with van der Waals surface area (Å²) in [6, 6.07) is 0. The molecule has 0 N–H and O–H groups in total. The quantitative estimate of drug-likeness (QED) is 0.482. The molecule has 74 valence electrons. The second kappa shape index (κ2) is 6.61. The molecule has 0 saturated heterocycles. The Kier molecular flexibility index (Phi) is 6.15. The van der Waals surface area contributed by atoms with Gasteiger partial charge in [0, 0.05) is 19.9 Å². The summed E-state index contributed by atoms with van der Waals surface area (Å²) in [5.74, 6) is 0. The van der Waals surface area contributed by atoms with Crippen LogP contribution in [0.1, 0.15) is 20.8 Å². The van der Waals surface area contributed by atoms with Gasteiger partial charge in [0.15, 0.2) is 0 Å². The van der Waals surface area contributed by atoms with E-state index in [1.54, 1.807) is 14.2 Å². The molecule has 0 aliphatic rings. The van der Waals surface area contributed by atoms with E-state index in [4.69, 9.17) is 4.74 Å². The lowest BCUT2D eigenvalue weighted by molar-refractivity contribution is 0.226. The highest BCUT2D eigenvalue weighted by molar-refractivity contribution is 5.97. The average Bonchev–Trinajstić information content (AvgIpc) is 2.13. The first-order chi connectivity index (χ1) is 6.11. The Morgan fingerprint density at radius 2 is 1.85 bits per heavy atom. The molecule has 2 heteroatoms. The van der Waals surface area contributed by atoms with E-state index in [1.807, 2.05) is 13.8 Å². The Balaban J connectivity index is 4.32. The van der Waals surface area contributed by atoms with Gasteiger partial charge in [0.25, 0.3) is 0 Å². The van der Waals surface area contributed by atoms with Gasteiger partial charge < -0.3 is 4.74 Å². The van der Waals surface area contributed by atoms with Crippen LogP contribution in [0.25, 0.3) is 0 Å². The molecule has 0 aliphatic heterocycles. The molecule has 0 radical (unpaired) electrons. The second-order valence-corrected chi connectivity index (χ2v) is 3.10. The Hall–Kier alpha value is -0.890. The van der Waals surface area contributed by atoms with Crippen molar-refractivity contribution in [2.75, 3.05) is 20.8 Å². The standard InChI is InChI=1S/C11H19NO/c1-9(8-13-5)6-7-10(2)11(3)12-4/h6-7H,8H2,1-5H3/b9-6+,10-7+,12-11?. The van der Waals surface area contributed by atoms with Gasteiger partial charge in [-0.15, -0.1) is 0 Å². The number of hydrogen-bond donors (Lipinski definition) is 0. The van der Waals surface area contributed by atoms with E-state index in [1.165, 1.54) is 11.1 Å². The number of hydrogen-bond acceptors (Lipinski definition) is 2. The van der Waals surface area contributed by atoms with Crippen molar-refractivity contribution in [3.05, 3.63) is 23.3 Å². The summed E-state index contributed by atoms with van der Waals surface area (Å²) in [5.41, 5.74) is 3.48. The smallest absolute Gasteiger partial charge is 0.0673 e. The molecule has 0 bridgehead atoms. The summed E-state index contributed by atoms with van der Waals surface area (Å²) < 4.78 is 4.99. The van der Waals surface area contributed by atoms with Crippen LogP contribution in [-0.4, -0.2) is 26.5 Å². The lowest BCUT2D eigenvalue weighted by atomic mass is 10.1. The van der Waals surface area contributed by atoms with Gasteiger partial charge >= 0.3 is 0 Å². The first-order valence-electron chi connectivity index (χ1n) is 4.38. The molecule has 0 saturated carbocycles. The van der Waals surface area contributed by atoms with E-state index in [0.29, 0.717) is 6.61 Å². The third-order valence-corrected chi connectivity index (χ3v) is 1.90. The van der Waals surface area contributed by atoms with Gasteiger partial charge in [-0.3, -0.25) is 4.99 Å². The van der Waals surface area contributed by atoms with Crippen LogP contribution in [0, 0.1) is 0 Å². The summed E-state index contributed by atoms with van der Waals surface area (Å²) in [6.45, 7) is 6.79. The van der Waals surface area contributed by atoms with Crippen molar-refractivity contribution in [1.82, 2.24) is 0 Å². The Morgan fingerprint density at radius 1 is 1.23 bits per heavy atom. The highest BCUT2D eigenvalue weighted by Crippen LogP contribution is 2.00. The van der Waals surface area contributed by atoms with Gasteiger partial charge in [-0.2, -0.15) is 0 Å². The molecule has 0 heterocycles. The molecule has 0 atom stereocenters. The first kappa shape index (κ1) is 12.1. The van der Waals surface area contributed by atoms with E-state index < -0.39 is 0 Å². The number of ether oxygens (including phenoxy) is 1. The summed E-state index contributed by atoms with van der Waals surface area (Å²) in [7, 11) is 3.51. The van der Waals surface area contributed by atoms with Gasteiger partial charge in [-0.05, 0) is 31.9 Å². The molecular weight excluding hydrogens is 162 g/mol. The molecule has 0 spiro atoms. The zero-order valence-corrected chi connectivity index (χ0v) is 9.22. The minimum absolute atomic E-state index is 0.687. The van der Waals surface area contributed by atoms with Gasteiger partial charge in [0.05, 0.1) is 6.61 Å². The number of allylic oxidation sites excluding steroid dienone is 3. The van der Waals surface area contributed by atoms with E-state index in [9.17, 15) is 0 Å². The third kappa shape index (κ3) is 5.36. The lowest BCUT2D eigenvalue weighted by Crippen LogP contribution is -1.93. The lowest BCUT2D eigenvalue weighted by Gasteiger charge is -1.98. The first-order valence-corrected chi connectivity index (χ1v) is 4.38. The maximum absolute atomic E-state index is 4.99. The van der Waals surface area contributed by atoms with Crippen LogP contribution in [0.4, 0.5) is 0 Å². The summed E-state index contributed by atoms with van der Waals surface area (Å²) in [5, 5.41) is 0. The average molecular weight is 181 g/mol. The number of methoxy groups -OCH3 is 1. The molecule has 0 rings (SSSR count). The van der Waals surface area contributed by atoms with E-state index >= 15 is 0 Å². The fourth-order valence-electron chi connectivity index (χ4n) is 0.840. The summed E-state index contributed by atoms with van der Waals surface area (Å²) in [4.78, 5) is 4.10. The normalized spacial score (nSPS) is 15.0. The molecule has 0 aromatic rings. The molecule has 0 unspecified atom stereocenters. The van der Waals surface area contributed by atoms with Crippen LogP contribution in [0.15, 0.2) is 28.3 Å². The zero-order valence-electron chi connectivity index (χ0n) is 9.22. The maximum atomic E-state index is 4.99. The molecule has 13 heavy (non-hydrogen) atoms. The maximum Gasteiger partial charge on any atom is 0.0673 e. The predicted molar refractivity (Wildman–Crippen MR) is 58.4 cm³/mol. The highest BCUT2D eigenvalue weighted by atomic mass is 16.5. The number of aliphatic imine (C=N–C) groups is 1. The zero-order chi connectivity index (χ0) is 10.3. The minimum Gasteiger partial charge on any atom is -0.380 e. The number of nitrogens with zero attached hydrogens (tertiary/aromatic N) is 1. The Bertz CT molecular complexity index is 236. The summed E-state index contributed by atoms with van der Waals surface area (Å²) in [6.07, 6.45) is 4.13. The fraction of sp³-hybridized carbons (Fsp3) is 0.545. The van der Waals surface area contributed by atoms with Crippen molar-refractivity contribution in [1.29, 1.82) is 0 Å². The summed E-state index contributed by atoms with van der Waals surface area (Å²) >= 11 is 0. The third-order valence-electron chi connectivity index (χ3n) is 1.90. The van der Waals surface area contributed by atoms with Gasteiger partial charge in [0.2, 0.25) is 0 Å². The van der Waals surface area contributed by atoms with Gasteiger partial charge in [0.1, 0.15) is 0 Å². The van der Waals surface area contributed by atoms with Crippen LogP contribution in [0.5, 0.6) is 0 Å². The molecule has 0 aromatic carbocycles. The number of rotatable bonds is 4. The topological polar surface area (TPSA) is 21.6 Å². The molecule has 0 aromatic heterocycles. The molecule has 2 nitrogen and oxygen atoms in total. The van der Waals surface area contributed by atoms with Crippen molar-refractivity contribution in [2.45, 2.75) is 20.8 Å². The minimum atomic E-state index is 0.687. The molecule has 0 aliphatic carbocycles. The van der Waals surface area contributed by atoms with Gasteiger partial charge in [-0.25, -0.2) is 0 Å². The molecular formula is C11H19NO. The molecule has 0 amide bonds. The van der Waals surface area contributed by atoms with E-state index in [2.05, 4.69) is 24.1 Å². The van der Waals surface area contributed by atoms with Crippen LogP contribution in [0.2, 0.25) is 0 Å². The van der Waals surface area contributed by atoms with E-state index in [-0.39, 0.29) is 0 Å². The van der Waals surface area contributed by atoms with Crippen molar-refractivity contribution >= 4 is 5.71 Å². The fourth-order valence-corrected chi connectivity index (χ4v) is 0.840. The van der Waals surface area contributed by atoms with Crippen LogP contribution < -0.4 is 0 Å². The van der Waals surface area contributed by atoms with Crippen LogP contribution in [-0.2, 0) is 4.74 Å². The Labute approximate surface area is 81.0 Å². The van der Waals surface area contributed by atoms with Crippen molar-refractivity contribution in [3.63, 3.8) is 0 Å². The second-order valence-electron chi connectivity index (χ2n) is 3.10.